The van der Waals surface area contributed by atoms with E-state index in [9.17, 15) is 4.79 Å². The van der Waals surface area contributed by atoms with Crippen molar-refractivity contribution in [3.8, 4) is 11.8 Å². The minimum Gasteiger partial charge on any atom is -0.445 e. The molecule has 23 heavy (non-hydrogen) atoms. The smallest absolute Gasteiger partial charge is 0.407 e. The predicted molar refractivity (Wildman–Crippen MR) is 89.5 cm³/mol. The van der Waals surface area contributed by atoms with Gasteiger partial charge in [0.2, 0.25) is 0 Å². The van der Waals surface area contributed by atoms with Crippen LogP contribution in [0.1, 0.15) is 23.2 Å². The van der Waals surface area contributed by atoms with Crippen LogP contribution >= 0.6 is 0 Å². The van der Waals surface area contributed by atoms with E-state index in [-0.39, 0.29) is 6.61 Å². The van der Waals surface area contributed by atoms with E-state index in [0.717, 1.165) is 16.8 Å². The van der Waals surface area contributed by atoms with E-state index < -0.39 is 6.09 Å². The van der Waals surface area contributed by atoms with Crippen molar-refractivity contribution in [2.75, 3.05) is 12.3 Å². The number of alkyl carbamates (subject to hydrolysis) is 1. The molecule has 0 saturated heterocycles. The summed E-state index contributed by atoms with van der Waals surface area (Å²) in [5, 5.41) is 2.66. The van der Waals surface area contributed by atoms with Gasteiger partial charge >= 0.3 is 6.09 Å². The van der Waals surface area contributed by atoms with E-state index in [1.807, 2.05) is 37.3 Å². The fraction of sp³-hybridized carbons (Fsp3) is 0.222. The first-order valence-electron chi connectivity index (χ1n) is 7.30. The highest BCUT2D eigenvalue weighted by Gasteiger charge is 2.01. The van der Waals surface area contributed by atoms with Gasteiger partial charge in [0.15, 0.2) is 0 Å². The molecule has 0 aliphatic heterocycles. The Labute approximate surface area is 135 Å². The summed E-state index contributed by atoms with van der Waals surface area (Å²) in [6.45, 7) is 2.56. The Kier molecular flexibility index (Phi) is 6.01. The quantitative estimate of drug-likeness (QED) is 0.672. The van der Waals surface area contributed by atoms with Crippen molar-refractivity contribution in [1.82, 2.24) is 10.3 Å². The summed E-state index contributed by atoms with van der Waals surface area (Å²) in [4.78, 5) is 15.7. The molecule has 5 nitrogen and oxygen atoms in total. The maximum atomic E-state index is 11.5. The van der Waals surface area contributed by atoms with Gasteiger partial charge in [0.25, 0.3) is 0 Å². The van der Waals surface area contributed by atoms with Crippen LogP contribution in [0.25, 0.3) is 0 Å². The van der Waals surface area contributed by atoms with E-state index >= 15 is 0 Å². The molecule has 0 bridgehead atoms. The summed E-state index contributed by atoms with van der Waals surface area (Å²) in [5.74, 6) is 5.98. The molecule has 0 aliphatic carbocycles. The lowest BCUT2D eigenvalue weighted by atomic mass is 10.2. The van der Waals surface area contributed by atoms with Crippen molar-refractivity contribution in [2.24, 2.45) is 0 Å². The number of anilines is 1. The number of aromatic nitrogens is 1. The molecule has 1 amide bonds. The van der Waals surface area contributed by atoms with Gasteiger partial charge in [0.1, 0.15) is 6.61 Å². The molecule has 118 valence electrons. The molecule has 0 unspecified atom stereocenters. The molecule has 0 fully saturated rings. The first-order chi connectivity index (χ1) is 11.1. The van der Waals surface area contributed by atoms with E-state index in [1.54, 1.807) is 12.3 Å². The zero-order chi connectivity index (χ0) is 16.5. The van der Waals surface area contributed by atoms with E-state index in [4.69, 9.17) is 10.5 Å². The number of rotatable bonds is 4. The average Bonchev–Trinajstić information content (AvgIpc) is 2.56. The van der Waals surface area contributed by atoms with Gasteiger partial charge in [-0.05, 0) is 18.6 Å². The third kappa shape index (κ3) is 5.71. The SMILES string of the molecule is Cc1ncc(N)cc1C#CCCNC(=O)OCc1ccccc1. The molecule has 0 saturated carbocycles. The number of ether oxygens (including phenoxy) is 1. The van der Waals surface area contributed by atoms with Crippen molar-refractivity contribution in [3.63, 3.8) is 0 Å². The minimum absolute atomic E-state index is 0.256. The highest BCUT2D eigenvalue weighted by Crippen LogP contribution is 2.07. The van der Waals surface area contributed by atoms with Gasteiger partial charge in [-0.25, -0.2) is 4.79 Å². The highest BCUT2D eigenvalue weighted by atomic mass is 16.5. The first-order valence-corrected chi connectivity index (χ1v) is 7.30. The number of nitrogens with two attached hydrogens (primary N) is 1. The number of hydrogen-bond donors (Lipinski definition) is 2. The number of amides is 1. The van der Waals surface area contributed by atoms with Crippen molar-refractivity contribution in [3.05, 3.63) is 59.4 Å². The van der Waals surface area contributed by atoms with Crippen LogP contribution in [0.3, 0.4) is 0 Å². The monoisotopic (exact) mass is 309 g/mol. The molecule has 2 aromatic rings. The Balaban J connectivity index is 1.70. The van der Waals surface area contributed by atoms with Gasteiger partial charge < -0.3 is 15.8 Å². The maximum absolute atomic E-state index is 11.5. The third-order valence-electron chi connectivity index (χ3n) is 3.06. The number of nitrogen functional groups attached to an aromatic ring is 1. The molecular formula is C18H19N3O2. The van der Waals surface area contributed by atoms with Gasteiger partial charge in [-0.3, -0.25) is 4.98 Å². The molecule has 1 aromatic heterocycles. The topological polar surface area (TPSA) is 77.2 Å². The largest absolute Gasteiger partial charge is 0.445 e. The van der Waals surface area contributed by atoms with Crippen LogP contribution in [0.5, 0.6) is 0 Å². The second-order valence-electron chi connectivity index (χ2n) is 4.94. The van der Waals surface area contributed by atoms with E-state index in [1.165, 1.54) is 0 Å². The molecule has 2 rings (SSSR count). The Morgan fingerprint density at radius 1 is 1.35 bits per heavy atom. The van der Waals surface area contributed by atoms with Crippen molar-refractivity contribution >= 4 is 11.8 Å². The average molecular weight is 309 g/mol. The number of aryl methyl sites for hydroxylation is 1. The lowest BCUT2D eigenvalue weighted by Crippen LogP contribution is -2.24. The Hall–Kier alpha value is -3.00. The molecule has 1 aromatic carbocycles. The number of pyridine rings is 1. The lowest BCUT2D eigenvalue weighted by molar-refractivity contribution is 0.140. The molecular weight excluding hydrogens is 290 g/mol. The van der Waals surface area contributed by atoms with Gasteiger partial charge in [0, 0.05) is 18.5 Å². The third-order valence-corrected chi connectivity index (χ3v) is 3.06. The van der Waals surface area contributed by atoms with Crippen molar-refractivity contribution in [2.45, 2.75) is 20.0 Å². The number of nitrogens with one attached hydrogen (secondary N) is 1. The second-order valence-corrected chi connectivity index (χ2v) is 4.94. The molecule has 0 aliphatic rings. The van der Waals surface area contributed by atoms with Crippen molar-refractivity contribution in [1.29, 1.82) is 0 Å². The van der Waals surface area contributed by atoms with Gasteiger partial charge in [-0.1, -0.05) is 42.2 Å². The molecule has 0 spiro atoms. The van der Waals surface area contributed by atoms with Crippen LogP contribution in [-0.4, -0.2) is 17.6 Å². The molecule has 5 heteroatoms. The minimum atomic E-state index is -0.447. The summed E-state index contributed by atoms with van der Waals surface area (Å²) in [6.07, 6.45) is 1.68. The number of nitrogens with zero attached hydrogens (tertiary/aromatic N) is 1. The van der Waals surface area contributed by atoms with Crippen molar-refractivity contribution < 1.29 is 9.53 Å². The summed E-state index contributed by atoms with van der Waals surface area (Å²) >= 11 is 0. The number of carbonyl (C=O) groups is 1. The Morgan fingerprint density at radius 3 is 2.91 bits per heavy atom. The zero-order valence-electron chi connectivity index (χ0n) is 13.0. The predicted octanol–water partition coefficient (Wildman–Crippen LogP) is 2.64. The Bertz CT molecular complexity index is 718. The summed E-state index contributed by atoms with van der Waals surface area (Å²) in [7, 11) is 0. The molecule has 3 N–H and O–H groups in total. The van der Waals surface area contributed by atoms with Crippen LogP contribution in [0, 0.1) is 18.8 Å². The highest BCUT2D eigenvalue weighted by molar-refractivity contribution is 5.67. The summed E-state index contributed by atoms with van der Waals surface area (Å²) in [5.41, 5.74) is 8.85. The number of hydrogen-bond acceptors (Lipinski definition) is 4. The summed E-state index contributed by atoms with van der Waals surface area (Å²) in [6, 6.07) is 11.3. The van der Waals surface area contributed by atoms with Gasteiger partial charge in [0.05, 0.1) is 17.6 Å². The van der Waals surface area contributed by atoms with Crippen LogP contribution in [-0.2, 0) is 11.3 Å². The van der Waals surface area contributed by atoms with Gasteiger partial charge in [-0.2, -0.15) is 0 Å². The lowest BCUT2D eigenvalue weighted by Gasteiger charge is -2.05. The van der Waals surface area contributed by atoms with E-state index in [0.29, 0.717) is 18.7 Å². The van der Waals surface area contributed by atoms with Crippen LogP contribution < -0.4 is 11.1 Å². The maximum Gasteiger partial charge on any atom is 0.407 e. The van der Waals surface area contributed by atoms with E-state index in [2.05, 4.69) is 22.1 Å². The standard InChI is InChI=1S/C18H19N3O2/c1-14-16(11-17(19)12-21-14)9-5-6-10-20-18(22)23-13-15-7-3-2-4-8-15/h2-4,7-8,11-12H,6,10,13,19H2,1H3,(H,20,22). The fourth-order valence-electron chi connectivity index (χ4n) is 1.83. The fourth-order valence-corrected chi connectivity index (χ4v) is 1.83. The number of benzene rings is 1. The van der Waals surface area contributed by atoms with Crippen LogP contribution in [0.2, 0.25) is 0 Å². The summed E-state index contributed by atoms with van der Waals surface area (Å²) < 4.78 is 5.10. The normalized spacial score (nSPS) is 9.61. The molecule has 1 heterocycles. The first kappa shape index (κ1) is 16.4. The second kappa shape index (κ2) is 8.44. The van der Waals surface area contributed by atoms with Crippen LogP contribution in [0.15, 0.2) is 42.6 Å². The molecule has 0 atom stereocenters. The molecule has 0 radical (unpaired) electrons. The number of carbonyl (C=O) groups excluding carboxylic acids is 1. The zero-order valence-corrected chi connectivity index (χ0v) is 13.0. The Morgan fingerprint density at radius 2 is 2.13 bits per heavy atom. The van der Waals surface area contributed by atoms with Crippen LogP contribution in [0.4, 0.5) is 10.5 Å². The van der Waals surface area contributed by atoms with Gasteiger partial charge in [-0.15, -0.1) is 0 Å².